The van der Waals surface area contributed by atoms with Gasteiger partial charge < -0.3 is 20.7 Å². The van der Waals surface area contributed by atoms with E-state index in [1.165, 1.54) is 0 Å². The molecular weight excluding hydrogens is 258 g/mol. The molecule has 6 nitrogen and oxygen atoms in total. The van der Waals surface area contributed by atoms with Crippen LogP contribution < -0.4 is 16.0 Å². The molecule has 0 saturated carbocycles. The maximum absolute atomic E-state index is 12.1. The van der Waals surface area contributed by atoms with Gasteiger partial charge in [0, 0.05) is 12.6 Å². The van der Waals surface area contributed by atoms with Gasteiger partial charge in [-0.1, -0.05) is 24.3 Å². The van der Waals surface area contributed by atoms with Crippen LogP contribution in [0.5, 0.6) is 0 Å². The number of rotatable bonds is 1. The fourth-order valence-electron chi connectivity index (χ4n) is 2.12. The minimum Gasteiger partial charge on any atom is -0.444 e. The van der Waals surface area contributed by atoms with Gasteiger partial charge in [0.1, 0.15) is 11.6 Å². The molecule has 1 aliphatic heterocycles. The molecular formula is C14H21N3O3. The summed E-state index contributed by atoms with van der Waals surface area (Å²) >= 11 is 0. The van der Waals surface area contributed by atoms with Crippen molar-refractivity contribution in [3.05, 3.63) is 24.3 Å². The highest BCUT2D eigenvalue weighted by molar-refractivity contribution is 5.86. The zero-order valence-electron chi connectivity index (χ0n) is 12.0. The summed E-state index contributed by atoms with van der Waals surface area (Å²) in [5.74, 6) is -0.212. The van der Waals surface area contributed by atoms with Crippen LogP contribution >= 0.6 is 0 Å². The number of alkyl carbamates (subject to hydrolysis) is 1. The number of nitrogens with one attached hydrogen (secondary N) is 3. The lowest BCUT2D eigenvalue weighted by Crippen LogP contribution is -2.51. The fraction of sp³-hybridized carbons (Fsp3) is 0.571. The molecule has 2 amide bonds. The van der Waals surface area contributed by atoms with Gasteiger partial charge in [-0.25, -0.2) is 4.79 Å². The van der Waals surface area contributed by atoms with Crippen molar-refractivity contribution in [2.24, 2.45) is 0 Å². The summed E-state index contributed by atoms with van der Waals surface area (Å²) in [4.78, 5) is 23.8. The smallest absolute Gasteiger partial charge is 0.408 e. The van der Waals surface area contributed by atoms with E-state index in [4.69, 9.17) is 4.74 Å². The van der Waals surface area contributed by atoms with Gasteiger partial charge in [0.25, 0.3) is 0 Å². The van der Waals surface area contributed by atoms with Crippen LogP contribution in [0.25, 0.3) is 0 Å². The van der Waals surface area contributed by atoms with Crippen LogP contribution in [-0.4, -0.2) is 42.3 Å². The van der Waals surface area contributed by atoms with Crippen molar-refractivity contribution < 1.29 is 14.3 Å². The number of ether oxygens (including phenoxy) is 1. The number of hydrogen-bond donors (Lipinski definition) is 3. The van der Waals surface area contributed by atoms with Gasteiger partial charge in [-0.05, 0) is 20.8 Å². The third-order valence-corrected chi connectivity index (χ3v) is 3.01. The zero-order chi connectivity index (χ0) is 14.8. The molecule has 0 spiro atoms. The van der Waals surface area contributed by atoms with E-state index in [0.29, 0.717) is 6.54 Å². The van der Waals surface area contributed by atoms with Gasteiger partial charge >= 0.3 is 6.09 Å². The maximum atomic E-state index is 12.1. The van der Waals surface area contributed by atoms with E-state index in [-0.39, 0.29) is 18.0 Å². The number of amides is 2. The number of hydrogen-bond acceptors (Lipinski definition) is 4. The first-order valence-electron chi connectivity index (χ1n) is 6.73. The molecule has 0 bridgehead atoms. The topological polar surface area (TPSA) is 79.5 Å². The van der Waals surface area contributed by atoms with E-state index in [1.807, 2.05) is 24.3 Å². The van der Waals surface area contributed by atoms with Crippen LogP contribution in [-0.2, 0) is 9.53 Å². The van der Waals surface area contributed by atoms with Crippen molar-refractivity contribution in [2.45, 2.75) is 44.5 Å². The van der Waals surface area contributed by atoms with Crippen LogP contribution in [0.2, 0.25) is 0 Å². The second-order valence-corrected chi connectivity index (χ2v) is 5.94. The molecule has 0 aromatic heterocycles. The van der Waals surface area contributed by atoms with Crippen LogP contribution in [0.4, 0.5) is 4.79 Å². The van der Waals surface area contributed by atoms with Gasteiger partial charge in [-0.3, -0.25) is 4.79 Å². The third kappa shape index (κ3) is 3.84. The SMILES string of the molecule is CC(C)(C)OC(=O)N[C@H]1CNC2C=CC=CC2NC1=O. The fourth-order valence-corrected chi connectivity index (χ4v) is 2.12. The van der Waals surface area contributed by atoms with Crippen molar-refractivity contribution >= 4 is 12.0 Å². The molecule has 2 unspecified atom stereocenters. The molecule has 2 aliphatic rings. The van der Waals surface area contributed by atoms with Gasteiger partial charge in [-0.2, -0.15) is 0 Å². The standard InChI is InChI=1S/C14H21N3O3/c1-14(2,3)20-13(19)17-11-8-15-9-6-4-5-7-10(9)16-12(11)18/h4-7,9-11,15H,8H2,1-3H3,(H,16,18)(H,17,19)/t9?,10?,11-/m0/s1. The van der Waals surface area contributed by atoms with Crippen LogP contribution in [0, 0.1) is 0 Å². The molecule has 3 atom stereocenters. The normalized spacial score (nSPS) is 29.1. The highest BCUT2D eigenvalue weighted by atomic mass is 16.6. The Balaban J connectivity index is 1.96. The van der Waals surface area contributed by atoms with Crippen molar-refractivity contribution in [1.29, 1.82) is 0 Å². The van der Waals surface area contributed by atoms with Crippen LogP contribution in [0.3, 0.4) is 0 Å². The van der Waals surface area contributed by atoms with E-state index in [9.17, 15) is 9.59 Å². The average molecular weight is 279 g/mol. The van der Waals surface area contributed by atoms with Gasteiger partial charge in [0.2, 0.25) is 5.91 Å². The van der Waals surface area contributed by atoms with Crippen molar-refractivity contribution in [3.8, 4) is 0 Å². The van der Waals surface area contributed by atoms with Gasteiger partial charge in [0.05, 0.1) is 6.04 Å². The number of fused-ring (bicyclic) bond motifs is 1. The second-order valence-electron chi connectivity index (χ2n) is 5.94. The molecule has 6 heteroatoms. The molecule has 2 rings (SSSR count). The molecule has 1 saturated heterocycles. The third-order valence-electron chi connectivity index (χ3n) is 3.01. The van der Waals surface area contributed by atoms with E-state index in [1.54, 1.807) is 20.8 Å². The summed E-state index contributed by atoms with van der Waals surface area (Å²) in [5.41, 5.74) is -0.585. The molecule has 0 aromatic carbocycles. The van der Waals surface area contributed by atoms with E-state index in [2.05, 4.69) is 16.0 Å². The molecule has 1 aliphatic carbocycles. The molecule has 0 aromatic rings. The summed E-state index contributed by atoms with van der Waals surface area (Å²) in [6.45, 7) is 5.71. The maximum Gasteiger partial charge on any atom is 0.408 e. The molecule has 20 heavy (non-hydrogen) atoms. The Bertz CT molecular complexity index is 451. The Morgan fingerprint density at radius 1 is 1.30 bits per heavy atom. The van der Waals surface area contributed by atoms with E-state index < -0.39 is 17.7 Å². The lowest BCUT2D eigenvalue weighted by Gasteiger charge is -2.22. The lowest BCUT2D eigenvalue weighted by molar-refractivity contribution is -0.123. The van der Waals surface area contributed by atoms with Crippen LogP contribution in [0.1, 0.15) is 20.8 Å². The predicted octanol–water partition coefficient (Wildman–Crippen LogP) is 0.462. The second kappa shape index (κ2) is 5.66. The van der Waals surface area contributed by atoms with Gasteiger partial charge in [-0.15, -0.1) is 0 Å². The summed E-state index contributed by atoms with van der Waals surface area (Å²) in [5, 5.41) is 8.72. The first-order chi connectivity index (χ1) is 9.35. The summed E-state index contributed by atoms with van der Waals surface area (Å²) in [7, 11) is 0. The largest absolute Gasteiger partial charge is 0.444 e. The number of carbonyl (C=O) groups excluding carboxylic acids is 2. The number of allylic oxidation sites excluding steroid dienone is 2. The Kier molecular flexibility index (Phi) is 4.13. The van der Waals surface area contributed by atoms with Crippen LogP contribution in [0.15, 0.2) is 24.3 Å². The Morgan fingerprint density at radius 3 is 2.60 bits per heavy atom. The van der Waals surface area contributed by atoms with Crippen molar-refractivity contribution in [2.75, 3.05) is 6.54 Å². The monoisotopic (exact) mass is 279 g/mol. The average Bonchev–Trinajstić information content (AvgIpc) is 2.47. The first-order valence-corrected chi connectivity index (χ1v) is 6.73. The minimum atomic E-state index is -0.641. The van der Waals surface area contributed by atoms with Gasteiger partial charge in [0.15, 0.2) is 0 Å². The molecule has 1 fully saturated rings. The molecule has 1 heterocycles. The highest BCUT2D eigenvalue weighted by Gasteiger charge is 2.31. The molecule has 110 valence electrons. The lowest BCUT2D eigenvalue weighted by atomic mass is 10.0. The van der Waals surface area contributed by atoms with E-state index >= 15 is 0 Å². The highest BCUT2D eigenvalue weighted by Crippen LogP contribution is 2.10. The first kappa shape index (κ1) is 14.6. The van der Waals surface area contributed by atoms with E-state index in [0.717, 1.165) is 0 Å². The quantitative estimate of drug-likeness (QED) is 0.651. The molecule has 3 N–H and O–H groups in total. The Labute approximate surface area is 118 Å². The van der Waals surface area contributed by atoms with Crippen molar-refractivity contribution in [1.82, 2.24) is 16.0 Å². The molecule has 0 radical (unpaired) electrons. The Hall–Kier alpha value is -1.82. The predicted molar refractivity (Wildman–Crippen MR) is 75.2 cm³/mol. The summed E-state index contributed by atoms with van der Waals surface area (Å²) in [6, 6.07) is -0.676. The van der Waals surface area contributed by atoms with Crippen molar-refractivity contribution in [3.63, 3.8) is 0 Å². The zero-order valence-corrected chi connectivity index (χ0v) is 12.0. The Morgan fingerprint density at radius 2 is 1.95 bits per heavy atom. The minimum absolute atomic E-state index is 0.0504. The number of carbonyl (C=O) groups is 2. The summed E-state index contributed by atoms with van der Waals surface area (Å²) < 4.78 is 5.16. The summed E-state index contributed by atoms with van der Waals surface area (Å²) in [6.07, 6.45) is 7.15.